The van der Waals surface area contributed by atoms with Crippen LogP contribution in [-0.4, -0.2) is 27.1 Å². The molecule has 0 heterocycles. The predicted octanol–water partition coefficient (Wildman–Crippen LogP) is 1.70. The minimum absolute atomic E-state index is 0.00731. The third kappa shape index (κ3) is 3.77. The van der Waals surface area contributed by atoms with Crippen molar-refractivity contribution in [1.82, 2.24) is 0 Å². The summed E-state index contributed by atoms with van der Waals surface area (Å²) in [5.41, 5.74) is -1.00. The van der Waals surface area contributed by atoms with Crippen LogP contribution in [0.2, 0.25) is 0 Å². The number of nitro groups is 1. The largest absolute Gasteiger partial charge is 0.481 e. The molecule has 0 aliphatic carbocycles. The van der Waals surface area contributed by atoms with Crippen molar-refractivity contribution >= 4 is 17.6 Å². The van der Waals surface area contributed by atoms with Gasteiger partial charge in [-0.1, -0.05) is 12.1 Å². The van der Waals surface area contributed by atoms with Crippen LogP contribution >= 0.6 is 0 Å². The van der Waals surface area contributed by atoms with Gasteiger partial charge in [0.1, 0.15) is 0 Å². The number of hydrogen-bond donors (Lipinski definition) is 2. The zero-order valence-corrected chi connectivity index (χ0v) is 10.2. The molecule has 7 nitrogen and oxygen atoms in total. The van der Waals surface area contributed by atoms with Gasteiger partial charge in [-0.25, -0.2) is 0 Å². The summed E-state index contributed by atoms with van der Waals surface area (Å²) >= 11 is 0. The smallest absolute Gasteiger partial charge is 0.310 e. The number of nitro benzene ring substituents is 1. The number of nitrogens with zero attached hydrogens (tertiary/aromatic N) is 1. The third-order valence-electron chi connectivity index (χ3n) is 2.80. The van der Waals surface area contributed by atoms with Crippen LogP contribution in [0.4, 0.5) is 5.69 Å². The summed E-state index contributed by atoms with van der Waals surface area (Å²) in [7, 11) is 0. The standard InChI is InChI=1S/C12H13NO6/c1-12(11(16)17,7-10(14)15)6-8-2-4-9(5-3-8)13(18)19/h2-5H,6-7H2,1H3,(H,14,15)(H,16,17). The lowest BCUT2D eigenvalue weighted by atomic mass is 9.80. The van der Waals surface area contributed by atoms with Gasteiger partial charge < -0.3 is 10.2 Å². The molecule has 0 aliphatic rings. The topological polar surface area (TPSA) is 118 Å². The van der Waals surface area contributed by atoms with E-state index in [0.717, 1.165) is 0 Å². The molecule has 0 aliphatic heterocycles. The lowest BCUT2D eigenvalue weighted by Crippen LogP contribution is -2.32. The minimum Gasteiger partial charge on any atom is -0.481 e. The summed E-state index contributed by atoms with van der Waals surface area (Å²) in [6.07, 6.45) is -0.522. The Bertz CT molecular complexity index is 509. The highest BCUT2D eigenvalue weighted by Crippen LogP contribution is 2.28. The molecule has 7 heteroatoms. The monoisotopic (exact) mass is 267 g/mol. The molecule has 0 radical (unpaired) electrons. The summed E-state index contributed by atoms with van der Waals surface area (Å²) in [5.74, 6) is -2.42. The van der Waals surface area contributed by atoms with Gasteiger partial charge in [-0.3, -0.25) is 19.7 Å². The number of carboxylic acids is 2. The average molecular weight is 267 g/mol. The lowest BCUT2D eigenvalue weighted by molar-refractivity contribution is -0.384. The zero-order valence-electron chi connectivity index (χ0n) is 10.2. The first-order chi connectivity index (χ1) is 8.74. The van der Waals surface area contributed by atoms with Crippen LogP contribution in [0.1, 0.15) is 18.9 Å². The first kappa shape index (κ1) is 14.6. The van der Waals surface area contributed by atoms with Crippen molar-refractivity contribution in [2.75, 3.05) is 0 Å². The van der Waals surface area contributed by atoms with Crippen molar-refractivity contribution in [2.45, 2.75) is 19.8 Å². The van der Waals surface area contributed by atoms with Crippen LogP contribution < -0.4 is 0 Å². The van der Waals surface area contributed by atoms with E-state index in [1.165, 1.54) is 31.2 Å². The maximum absolute atomic E-state index is 11.2. The molecule has 1 atom stereocenters. The van der Waals surface area contributed by atoms with Crippen molar-refractivity contribution in [3.05, 3.63) is 39.9 Å². The Labute approximate surface area is 108 Å². The first-order valence-corrected chi connectivity index (χ1v) is 5.43. The lowest BCUT2D eigenvalue weighted by Gasteiger charge is -2.22. The quantitative estimate of drug-likeness (QED) is 0.598. The Morgan fingerprint density at radius 2 is 1.79 bits per heavy atom. The molecule has 2 N–H and O–H groups in total. The molecule has 102 valence electrons. The van der Waals surface area contributed by atoms with Gasteiger partial charge in [-0.2, -0.15) is 0 Å². The molecule has 0 fully saturated rings. The number of aliphatic carboxylic acids is 2. The molecule has 0 bridgehead atoms. The highest BCUT2D eigenvalue weighted by Gasteiger charge is 2.36. The van der Waals surface area contributed by atoms with E-state index in [-0.39, 0.29) is 12.1 Å². The van der Waals surface area contributed by atoms with Crippen molar-refractivity contribution in [3.8, 4) is 0 Å². The summed E-state index contributed by atoms with van der Waals surface area (Å²) in [4.78, 5) is 31.8. The van der Waals surface area contributed by atoms with Gasteiger partial charge in [0.15, 0.2) is 0 Å². The maximum atomic E-state index is 11.2. The van der Waals surface area contributed by atoms with Crippen molar-refractivity contribution in [2.24, 2.45) is 5.41 Å². The van der Waals surface area contributed by atoms with E-state index in [4.69, 9.17) is 10.2 Å². The maximum Gasteiger partial charge on any atom is 0.310 e. The van der Waals surface area contributed by atoms with Crippen molar-refractivity contribution < 1.29 is 24.7 Å². The van der Waals surface area contributed by atoms with Gasteiger partial charge in [0.05, 0.1) is 16.8 Å². The Morgan fingerprint density at radius 1 is 1.26 bits per heavy atom. The van der Waals surface area contributed by atoms with Gasteiger partial charge in [-0.05, 0) is 18.9 Å². The van der Waals surface area contributed by atoms with Crippen LogP contribution in [0.3, 0.4) is 0 Å². The molecule has 0 spiro atoms. The SMILES string of the molecule is CC(CC(=O)O)(Cc1ccc([N+](=O)[O-])cc1)C(=O)O. The van der Waals surface area contributed by atoms with Gasteiger partial charge >= 0.3 is 11.9 Å². The Hall–Kier alpha value is -2.44. The number of carbonyl (C=O) groups is 2. The molecule has 0 aromatic heterocycles. The zero-order chi connectivity index (χ0) is 14.6. The molecular weight excluding hydrogens is 254 g/mol. The van der Waals surface area contributed by atoms with E-state index in [1.807, 2.05) is 0 Å². The van der Waals surface area contributed by atoms with E-state index >= 15 is 0 Å². The van der Waals surface area contributed by atoms with E-state index in [0.29, 0.717) is 5.56 Å². The average Bonchev–Trinajstić information content (AvgIpc) is 2.28. The second-order valence-corrected chi connectivity index (χ2v) is 4.54. The molecule has 0 saturated carbocycles. The van der Waals surface area contributed by atoms with E-state index in [1.54, 1.807) is 0 Å². The summed E-state index contributed by atoms with van der Waals surface area (Å²) in [5, 5.41) is 28.3. The first-order valence-electron chi connectivity index (χ1n) is 5.43. The third-order valence-corrected chi connectivity index (χ3v) is 2.80. The fraction of sp³-hybridized carbons (Fsp3) is 0.333. The van der Waals surface area contributed by atoms with Crippen molar-refractivity contribution in [3.63, 3.8) is 0 Å². The molecule has 1 rings (SSSR count). The van der Waals surface area contributed by atoms with Crippen LogP contribution in [0.5, 0.6) is 0 Å². The van der Waals surface area contributed by atoms with Gasteiger partial charge in [0, 0.05) is 12.1 Å². The normalized spacial score (nSPS) is 13.5. The summed E-state index contributed by atoms with van der Waals surface area (Å²) in [6.45, 7) is 1.34. The summed E-state index contributed by atoms with van der Waals surface area (Å²) < 4.78 is 0. The molecule has 1 unspecified atom stereocenters. The highest BCUT2D eigenvalue weighted by atomic mass is 16.6. The molecule has 0 amide bonds. The predicted molar refractivity (Wildman–Crippen MR) is 64.8 cm³/mol. The van der Waals surface area contributed by atoms with E-state index in [2.05, 4.69) is 0 Å². The minimum atomic E-state index is -1.44. The van der Waals surface area contributed by atoms with Crippen LogP contribution in [0, 0.1) is 15.5 Å². The van der Waals surface area contributed by atoms with E-state index in [9.17, 15) is 19.7 Å². The van der Waals surface area contributed by atoms with Gasteiger partial charge in [0.25, 0.3) is 5.69 Å². The number of hydrogen-bond acceptors (Lipinski definition) is 4. The molecule has 1 aromatic rings. The van der Waals surface area contributed by atoms with Crippen LogP contribution in [0.15, 0.2) is 24.3 Å². The fourth-order valence-electron chi connectivity index (χ4n) is 1.73. The highest BCUT2D eigenvalue weighted by molar-refractivity contribution is 5.81. The molecular formula is C12H13NO6. The number of non-ortho nitro benzene ring substituents is 1. The molecule has 1 aromatic carbocycles. The van der Waals surface area contributed by atoms with Crippen molar-refractivity contribution in [1.29, 1.82) is 0 Å². The number of benzene rings is 1. The van der Waals surface area contributed by atoms with Gasteiger partial charge in [0.2, 0.25) is 0 Å². The molecule has 19 heavy (non-hydrogen) atoms. The van der Waals surface area contributed by atoms with Gasteiger partial charge in [-0.15, -0.1) is 0 Å². The summed E-state index contributed by atoms with van der Waals surface area (Å²) in [6, 6.07) is 5.39. The number of carboxylic acid groups (broad SMARTS) is 2. The van der Waals surface area contributed by atoms with E-state index < -0.39 is 28.7 Å². The Morgan fingerprint density at radius 3 is 2.16 bits per heavy atom. The van der Waals surface area contributed by atoms with Crippen LogP contribution in [-0.2, 0) is 16.0 Å². The second-order valence-electron chi connectivity index (χ2n) is 4.54. The second kappa shape index (κ2) is 5.47. The fourth-order valence-corrected chi connectivity index (χ4v) is 1.73. The number of rotatable bonds is 6. The van der Waals surface area contributed by atoms with Crippen LogP contribution in [0.25, 0.3) is 0 Å². The Balaban J connectivity index is 2.94. The molecule has 0 saturated heterocycles. The Kier molecular flexibility index (Phi) is 4.21.